The summed E-state index contributed by atoms with van der Waals surface area (Å²) in [6, 6.07) is 10.2. The van der Waals surface area contributed by atoms with Crippen molar-refractivity contribution in [2.24, 2.45) is 4.99 Å². The second-order valence-electron chi connectivity index (χ2n) is 4.97. The van der Waals surface area contributed by atoms with Crippen LogP contribution in [0.15, 0.2) is 52.1 Å². The minimum absolute atomic E-state index is 0. The molecular weight excluding hydrogens is 424 g/mol. The maximum atomic E-state index is 13.2. The van der Waals surface area contributed by atoms with E-state index >= 15 is 0 Å². The van der Waals surface area contributed by atoms with Crippen molar-refractivity contribution in [3.8, 4) is 0 Å². The molecule has 0 radical (unpaired) electrons. The summed E-state index contributed by atoms with van der Waals surface area (Å²) in [5, 5.41) is 6.41. The molecule has 0 atom stereocenters. The average Bonchev–Trinajstić information content (AvgIpc) is 3.06. The number of methoxy groups -OCH3 is 1. The van der Waals surface area contributed by atoms with Crippen molar-refractivity contribution in [1.82, 2.24) is 10.6 Å². The molecule has 0 aliphatic heterocycles. The van der Waals surface area contributed by atoms with Gasteiger partial charge in [-0.2, -0.15) is 0 Å². The van der Waals surface area contributed by atoms with E-state index in [4.69, 9.17) is 9.15 Å². The van der Waals surface area contributed by atoms with Gasteiger partial charge in [-0.15, -0.1) is 24.0 Å². The highest BCUT2D eigenvalue weighted by molar-refractivity contribution is 14.0. The maximum absolute atomic E-state index is 13.2. The minimum atomic E-state index is -0.252. The van der Waals surface area contributed by atoms with Crippen molar-refractivity contribution in [3.05, 3.63) is 59.8 Å². The Kier molecular flexibility index (Phi) is 10.1. The molecule has 1 aromatic heterocycles. The maximum Gasteiger partial charge on any atom is 0.191 e. The molecule has 0 saturated heterocycles. The Morgan fingerprint density at radius 1 is 1.21 bits per heavy atom. The SMILES string of the molecule is COCCNC(=NCc1cccc(F)c1)NCCc1ccco1.I. The van der Waals surface area contributed by atoms with Crippen LogP contribution in [0.2, 0.25) is 0 Å². The van der Waals surface area contributed by atoms with E-state index in [-0.39, 0.29) is 29.8 Å². The summed E-state index contributed by atoms with van der Waals surface area (Å²) in [6.45, 7) is 2.32. The smallest absolute Gasteiger partial charge is 0.191 e. The van der Waals surface area contributed by atoms with Gasteiger partial charge in [0.2, 0.25) is 0 Å². The van der Waals surface area contributed by atoms with E-state index in [1.807, 2.05) is 18.2 Å². The van der Waals surface area contributed by atoms with E-state index < -0.39 is 0 Å². The second kappa shape index (κ2) is 11.9. The first-order valence-corrected chi connectivity index (χ1v) is 7.56. The van der Waals surface area contributed by atoms with Gasteiger partial charge in [0.15, 0.2) is 5.96 Å². The Labute approximate surface area is 158 Å². The molecular formula is C17H23FIN3O2. The summed E-state index contributed by atoms with van der Waals surface area (Å²) in [7, 11) is 1.65. The summed E-state index contributed by atoms with van der Waals surface area (Å²) in [5.74, 6) is 1.33. The second-order valence-corrected chi connectivity index (χ2v) is 4.97. The molecule has 0 aliphatic carbocycles. The van der Waals surface area contributed by atoms with Crippen LogP contribution in [0.5, 0.6) is 0 Å². The molecule has 5 nitrogen and oxygen atoms in total. The van der Waals surface area contributed by atoms with E-state index in [1.165, 1.54) is 12.1 Å². The monoisotopic (exact) mass is 447 g/mol. The third kappa shape index (κ3) is 7.78. The molecule has 0 amide bonds. The molecule has 0 spiro atoms. The van der Waals surface area contributed by atoms with E-state index in [1.54, 1.807) is 19.4 Å². The van der Waals surface area contributed by atoms with Crippen molar-refractivity contribution in [1.29, 1.82) is 0 Å². The summed E-state index contributed by atoms with van der Waals surface area (Å²) in [6.07, 6.45) is 2.42. The van der Waals surface area contributed by atoms with Gasteiger partial charge in [-0.05, 0) is 29.8 Å². The molecule has 24 heavy (non-hydrogen) atoms. The number of aliphatic imine (C=N–C) groups is 1. The van der Waals surface area contributed by atoms with Crippen molar-refractivity contribution in [2.45, 2.75) is 13.0 Å². The summed E-state index contributed by atoms with van der Waals surface area (Å²) >= 11 is 0. The Morgan fingerprint density at radius 3 is 2.75 bits per heavy atom. The van der Waals surface area contributed by atoms with Gasteiger partial charge in [0.25, 0.3) is 0 Å². The number of furan rings is 1. The van der Waals surface area contributed by atoms with Gasteiger partial charge < -0.3 is 19.8 Å². The Hall–Kier alpha value is -1.61. The van der Waals surface area contributed by atoms with Crippen LogP contribution < -0.4 is 10.6 Å². The quantitative estimate of drug-likeness (QED) is 0.283. The molecule has 7 heteroatoms. The number of hydrogen-bond acceptors (Lipinski definition) is 3. The number of halogens is 2. The molecule has 0 fully saturated rings. The molecule has 132 valence electrons. The fourth-order valence-electron chi connectivity index (χ4n) is 2.01. The normalized spacial score (nSPS) is 11.0. The zero-order valence-corrected chi connectivity index (χ0v) is 16.0. The lowest BCUT2D eigenvalue weighted by molar-refractivity contribution is 0.203. The van der Waals surface area contributed by atoms with Crippen LogP contribution in [0.25, 0.3) is 0 Å². The molecule has 0 saturated carbocycles. The van der Waals surface area contributed by atoms with Crippen molar-refractivity contribution >= 4 is 29.9 Å². The fraction of sp³-hybridized carbons (Fsp3) is 0.353. The van der Waals surface area contributed by atoms with Gasteiger partial charge in [0, 0.05) is 26.6 Å². The Bertz CT molecular complexity index is 606. The highest BCUT2D eigenvalue weighted by atomic mass is 127. The number of nitrogens with zero attached hydrogens (tertiary/aromatic N) is 1. The molecule has 0 unspecified atom stereocenters. The van der Waals surface area contributed by atoms with Crippen LogP contribution in [0.1, 0.15) is 11.3 Å². The number of nitrogens with one attached hydrogen (secondary N) is 2. The van der Waals surface area contributed by atoms with Crippen molar-refractivity contribution in [2.75, 3.05) is 26.8 Å². The van der Waals surface area contributed by atoms with E-state index in [0.29, 0.717) is 32.2 Å². The highest BCUT2D eigenvalue weighted by Gasteiger charge is 2.01. The topological polar surface area (TPSA) is 58.8 Å². The fourth-order valence-corrected chi connectivity index (χ4v) is 2.01. The largest absolute Gasteiger partial charge is 0.469 e. The van der Waals surface area contributed by atoms with E-state index in [2.05, 4.69) is 15.6 Å². The summed E-state index contributed by atoms with van der Waals surface area (Å²) in [4.78, 5) is 4.47. The third-order valence-corrected chi connectivity index (χ3v) is 3.15. The van der Waals surface area contributed by atoms with Gasteiger partial charge in [-0.1, -0.05) is 12.1 Å². The van der Waals surface area contributed by atoms with E-state index in [0.717, 1.165) is 17.7 Å². The number of ether oxygens (including phenoxy) is 1. The van der Waals surface area contributed by atoms with Crippen LogP contribution in [-0.2, 0) is 17.7 Å². The average molecular weight is 447 g/mol. The molecule has 2 rings (SSSR count). The first-order valence-electron chi connectivity index (χ1n) is 7.56. The minimum Gasteiger partial charge on any atom is -0.469 e. The molecule has 1 aromatic carbocycles. The van der Waals surface area contributed by atoms with Crippen LogP contribution in [0.3, 0.4) is 0 Å². The van der Waals surface area contributed by atoms with E-state index in [9.17, 15) is 4.39 Å². The lowest BCUT2D eigenvalue weighted by Gasteiger charge is -2.12. The predicted octanol–water partition coefficient (Wildman–Crippen LogP) is 2.96. The molecule has 0 aliphatic rings. The molecule has 1 heterocycles. The number of hydrogen-bond donors (Lipinski definition) is 2. The standard InChI is InChI=1S/C17H22FN3O2.HI/c1-22-11-9-20-17(19-8-7-16-6-3-10-23-16)21-13-14-4-2-5-15(18)12-14;/h2-6,10,12H,7-9,11,13H2,1H3,(H2,19,20,21);1H. The molecule has 2 aromatic rings. The summed E-state index contributed by atoms with van der Waals surface area (Å²) < 4.78 is 23.5. The van der Waals surface area contributed by atoms with Crippen LogP contribution in [-0.4, -0.2) is 32.8 Å². The Balaban J connectivity index is 0.00000288. The third-order valence-electron chi connectivity index (χ3n) is 3.15. The van der Waals surface area contributed by atoms with Crippen molar-refractivity contribution < 1.29 is 13.5 Å². The first kappa shape index (κ1) is 20.4. The van der Waals surface area contributed by atoms with Gasteiger partial charge in [0.05, 0.1) is 19.4 Å². The lowest BCUT2D eigenvalue weighted by Crippen LogP contribution is -2.40. The van der Waals surface area contributed by atoms with Crippen LogP contribution in [0, 0.1) is 5.82 Å². The number of benzene rings is 1. The lowest BCUT2D eigenvalue weighted by atomic mass is 10.2. The zero-order chi connectivity index (χ0) is 16.3. The van der Waals surface area contributed by atoms with Gasteiger partial charge in [-0.25, -0.2) is 9.38 Å². The zero-order valence-electron chi connectivity index (χ0n) is 13.6. The van der Waals surface area contributed by atoms with Crippen LogP contribution in [0.4, 0.5) is 4.39 Å². The number of rotatable bonds is 8. The summed E-state index contributed by atoms with van der Waals surface area (Å²) in [5.41, 5.74) is 0.823. The molecule has 2 N–H and O–H groups in total. The predicted molar refractivity (Wildman–Crippen MR) is 103 cm³/mol. The van der Waals surface area contributed by atoms with Crippen molar-refractivity contribution in [3.63, 3.8) is 0 Å². The number of guanidine groups is 1. The Morgan fingerprint density at radius 2 is 2.04 bits per heavy atom. The van der Waals surface area contributed by atoms with Crippen LogP contribution >= 0.6 is 24.0 Å². The highest BCUT2D eigenvalue weighted by Crippen LogP contribution is 2.04. The van der Waals surface area contributed by atoms with Gasteiger partial charge >= 0.3 is 0 Å². The van der Waals surface area contributed by atoms with Gasteiger partial charge in [-0.3, -0.25) is 0 Å². The first-order chi connectivity index (χ1) is 11.3. The molecule has 0 bridgehead atoms. The van der Waals surface area contributed by atoms with Gasteiger partial charge in [0.1, 0.15) is 11.6 Å².